The summed E-state index contributed by atoms with van der Waals surface area (Å²) in [7, 11) is 0. The maximum atomic E-state index is 13.5. The van der Waals surface area contributed by atoms with Crippen molar-refractivity contribution in [2.24, 2.45) is 5.73 Å². The fourth-order valence-electron chi connectivity index (χ4n) is 5.75. The van der Waals surface area contributed by atoms with E-state index in [0.717, 1.165) is 32.1 Å². The van der Waals surface area contributed by atoms with E-state index in [2.05, 4.69) is 25.7 Å². The van der Waals surface area contributed by atoms with Crippen LogP contribution in [-0.2, 0) is 12.6 Å². The number of hydrogen-bond acceptors (Lipinski definition) is 6. The molecule has 1 saturated heterocycles. The molecular formula is C29H33ClF3N9O3. The fraction of sp³-hybridized carbons (Fsp3) is 0.483. The van der Waals surface area contributed by atoms with Crippen LogP contribution >= 0.6 is 11.6 Å². The number of nitrogens with two attached hydrogens (primary N) is 1. The zero-order chi connectivity index (χ0) is 31.9. The number of benzene rings is 1. The van der Waals surface area contributed by atoms with Gasteiger partial charge in [0, 0.05) is 74.0 Å². The van der Waals surface area contributed by atoms with Crippen molar-refractivity contribution >= 4 is 35.1 Å². The van der Waals surface area contributed by atoms with Gasteiger partial charge in [-0.15, -0.1) is 0 Å². The van der Waals surface area contributed by atoms with Gasteiger partial charge in [-0.2, -0.15) is 18.3 Å². The van der Waals surface area contributed by atoms with E-state index in [1.807, 2.05) is 0 Å². The molecule has 0 unspecified atom stereocenters. The maximum absolute atomic E-state index is 13.5. The van der Waals surface area contributed by atoms with Crippen LogP contribution in [0.5, 0.6) is 0 Å². The van der Waals surface area contributed by atoms with Crippen LogP contribution in [0.3, 0.4) is 0 Å². The number of rotatable bonds is 7. The smallest absolute Gasteiger partial charge is 0.337 e. The van der Waals surface area contributed by atoms with Gasteiger partial charge in [0.25, 0.3) is 11.8 Å². The molecule has 0 radical (unpaired) electrons. The number of nitrogens with zero attached hydrogens (tertiary/aromatic N) is 5. The van der Waals surface area contributed by atoms with Crippen molar-refractivity contribution in [3.8, 4) is 0 Å². The van der Waals surface area contributed by atoms with Gasteiger partial charge in [-0.05, 0) is 50.3 Å². The highest BCUT2D eigenvalue weighted by molar-refractivity contribution is 6.34. The third kappa shape index (κ3) is 7.09. The molecule has 2 saturated carbocycles. The molecule has 2 aliphatic carbocycles. The highest BCUT2D eigenvalue weighted by atomic mass is 35.5. The molecule has 3 fully saturated rings. The second-order valence-electron chi connectivity index (χ2n) is 11.8. The lowest BCUT2D eigenvalue weighted by atomic mass is 10.1. The van der Waals surface area contributed by atoms with E-state index in [9.17, 15) is 27.6 Å². The molecule has 1 aliphatic heterocycles. The van der Waals surface area contributed by atoms with Gasteiger partial charge in [0.2, 0.25) is 0 Å². The number of anilines is 1. The number of aromatic amines is 1. The number of nitrogens with one attached hydrogen (secondary N) is 3. The van der Waals surface area contributed by atoms with E-state index in [0.29, 0.717) is 37.6 Å². The summed E-state index contributed by atoms with van der Waals surface area (Å²) >= 11 is 6.43. The lowest BCUT2D eigenvalue weighted by Gasteiger charge is -2.35. The standard InChI is InChI=1S/C29H33ClF3N9O3/c30-23-13-19(3-6-22(23)27(44)40-7-9-41(10-8-40)28(45)38-18-2-1-17(34)12-18)37-26(43)25-35-14-20(36-25)11-16-15-42(21-4-5-21)39-24(16)29(31,32)33/h3,6,13-15,17-18,21H,1-2,4-5,7-12,34H2,(H,35,36)(H,37,43)(H,38,45)/t17-,18-/m1/s1. The molecule has 2 aromatic heterocycles. The lowest BCUT2D eigenvalue weighted by molar-refractivity contribution is -0.142. The first-order valence-corrected chi connectivity index (χ1v) is 15.2. The largest absolute Gasteiger partial charge is 0.435 e. The first kappa shape index (κ1) is 30.9. The molecular weight excluding hydrogens is 615 g/mol. The van der Waals surface area contributed by atoms with Gasteiger partial charge in [0.1, 0.15) is 0 Å². The molecule has 12 nitrogen and oxygen atoms in total. The van der Waals surface area contributed by atoms with Crippen LogP contribution < -0.4 is 16.4 Å². The summed E-state index contributed by atoms with van der Waals surface area (Å²) in [6.07, 6.45) is 2.09. The zero-order valence-electron chi connectivity index (χ0n) is 24.2. The number of alkyl halides is 3. The molecule has 0 bridgehead atoms. The van der Waals surface area contributed by atoms with Crippen molar-refractivity contribution in [2.45, 2.75) is 62.8 Å². The van der Waals surface area contributed by atoms with Crippen molar-refractivity contribution in [1.29, 1.82) is 0 Å². The Morgan fingerprint density at radius 2 is 1.80 bits per heavy atom. The van der Waals surface area contributed by atoms with E-state index in [1.165, 1.54) is 35.3 Å². The van der Waals surface area contributed by atoms with Crippen molar-refractivity contribution in [3.05, 3.63) is 64.0 Å². The first-order valence-electron chi connectivity index (χ1n) is 14.8. The summed E-state index contributed by atoms with van der Waals surface area (Å²) in [4.78, 5) is 48.7. The number of H-pyrrole nitrogens is 1. The Kier molecular flexibility index (Phi) is 8.48. The van der Waals surface area contributed by atoms with Gasteiger partial charge in [-0.1, -0.05) is 11.6 Å². The predicted molar refractivity (Wildman–Crippen MR) is 158 cm³/mol. The summed E-state index contributed by atoms with van der Waals surface area (Å²) in [6, 6.07) is 4.50. The highest BCUT2D eigenvalue weighted by Crippen LogP contribution is 2.38. The van der Waals surface area contributed by atoms with Gasteiger partial charge in [0.15, 0.2) is 11.5 Å². The molecule has 0 spiro atoms. The number of amides is 4. The van der Waals surface area contributed by atoms with Crippen LogP contribution in [-0.4, -0.2) is 85.7 Å². The van der Waals surface area contributed by atoms with E-state index in [4.69, 9.17) is 17.3 Å². The lowest BCUT2D eigenvalue weighted by Crippen LogP contribution is -2.54. The number of carbonyl (C=O) groups excluding carboxylic acids is 3. The summed E-state index contributed by atoms with van der Waals surface area (Å²) in [5, 5.41) is 9.53. The molecule has 3 heterocycles. The Balaban J connectivity index is 1.03. The quantitative estimate of drug-likeness (QED) is 0.306. The first-order chi connectivity index (χ1) is 21.4. The third-order valence-electron chi connectivity index (χ3n) is 8.33. The molecule has 1 aromatic carbocycles. The van der Waals surface area contributed by atoms with E-state index < -0.39 is 17.8 Å². The Labute approximate surface area is 261 Å². The monoisotopic (exact) mass is 647 g/mol. The van der Waals surface area contributed by atoms with E-state index in [1.54, 1.807) is 9.80 Å². The summed E-state index contributed by atoms with van der Waals surface area (Å²) < 4.78 is 42.0. The average molecular weight is 648 g/mol. The number of piperazine rings is 1. The number of halogens is 4. The van der Waals surface area contributed by atoms with Crippen LogP contribution in [0.15, 0.2) is 30.6 Å². The SMILES string of the molecule is N[C@@H]1CC[C@@H](NC(=O)N2CCN(C(=O)c3ccc(NC(=O)c4ncc(Cc5cn(C6CC6)nc5C(F)(F)F)[nH]4)cc3Cl)CC2)C1. The second kappa shape index (κ2) is 12.4. The number of aromatic nitrogens is 4. The van der Waals surface area contributed by atoms with Crippen molar-refractivity contribution < 1.29 is 27.6 Å². The molecule has 3 aromatic rings. The normalized spacial score (nSPS) is 20.4. The van der Waals surface area contributed by atoms with Crippen molar-refractivity contribution in [3.63, 3.8) is 0 Å². The Bertz CT molecular complexity index is 1590. The fourth-order valence-corrected chi connectivity index (χ4v) is 6.01. The molecule has 16 heteroatoms. The van der Waals surface area contributed by atoms with Crippen molar-refractivity contribution in [1.82, 2.24) is 34.9 Å². The van der Waals surface area contributed by atoms with Gasteiger partial charge in [-0.3, -0.25) is 14.3 Å². The van der Waals surface area contributed by atoms with Gasteiger partial charge < -0.3 is 31.2 Å². The van der Waals surface area contributed by atoms with Crippen LogP contribution in [0.25, 0.3) is 0 Å². The van der Waals surface area contributed by atoms with Crippen LogP contribution in [0, 0.1) is 0 Å². The minimum atomic E-state index is -4.60. The van der Waals surface area contributed by atoms with E-state index in [-0.39, 0.29) is 58.5 Å². The number of imidazole rings is 1. The Morgan fingerprint density at radius 3 is 2.44 bits per heavy atom. The van der Waals surface area contributed by atoms with Gasteiger partial charge in [0.05, 0.1) is 16.6 Å². The maximum Gasteiger partial charge on any atom is 0.435 e. The molecule has 45 heavy (non-hydrogen) atoms. The topological polar surface area (TPSA) is 154 Å². The Hall–Kier alpha value is -4.11. The molecule has 6 rings (SSSR count). The minimum Gasteiger partial charge on any atom is -0.337 e. The molecule has 5 N–H and O–H groups in total. The number of urea groups is 1. The van der Waals surface area contributed by atoms with Crippen LogP contribution in [0.4, 0.5) is 23.7 Å². The molecule has 2 atom stereocenters. The number of carbonyl (C=O) groups is 3. The van der Waals surface area contributed by atoms with Gasteiger partial charge in [-0.25, -0.2) is 9.78 Å². The number of hydrogen-bond donors (Lipinski definition) is 4. The molecule has 4 amide bonds. The summed E-state index contributed by atoms with van der Waals surface area (Å²) in [5.74, 6) is -1.02. The summed E-state index contributed by atoms with van der Waals surface area (Å²) in [5.41, 5.74) is 5.85. The second-order valence-corrected chi connectivity index (χ2v) is 12.2. The highest BCUT2D eigenvalue weighted by Gasteiger charge is 2.39. The minimum absolute atomic E-state index is 0.00370. The van der Waals surface area contributed by atoms with E-state index >= 15 is 0 Å². The van der Waals surface area contributed by atoms with Crippen molar-refractivity contribution in [2.75, 3.05) is 31.5 Å². The third-order valence-corrected chi connectivity index (χ3v) is 8.65. The van der Waals surface area contributed by atoms with Crippen LogP contribution in [0.2, 0.25) is 5.02 Å². The molecule has 240 valence electrons. The predicted octanol–water partition coefficient (Wildman–Crippen LogP) is 3.80. The molecule has 3 aliphatic rings. The average Bonchev–Trinajstić information content (AvgIpc) is 3.36. The zero-order valence-corrected chi connectivity index (χ0v) is 25.0. The van der Waals surface area contributed by atoms with Gasteiger partial charge >= 0.3 is 12.2 Å². The Morgan fingerprint density at radius 1 is 1.07 bits per heavy atom. The summed E-state index contributed by atoms with van der Waals surface area (Å²) in [6.45, 7) is 1.46. The van der Waals surface area contributed by atoms with Crippen LogP contribution in [0.1, 0.15) is 76.1 Å².